The zero-order valence-corrected chi connectivity index (χ0v) is 15.3. The van der Waals surface area contributed by atoms with Gasteiger partial charge in [-0.3, -0.25) is 9.59 Å². The van der Waals surface area contributed by atoms with Crippen LogP contribution in [0.2, 0.25) is 0 Å². The standard InChI is InChI=1S/C17H16F3N3O4S/c18-12-4-5-13(17(20)16(12)19)21-14(24)10-22-9-11(3-6-15(22)25)28(26,27)23-7-1-2-8-23/h3-6,9H,1-2,7-8,10H2,(H,21,24). The Labute approximate surface area is 158 Å². The van der Waals surface area contributed by atoms with Crippen LogP contribution in [0, 0.1) is 17.5 Å². The number of carbonyl (C=O) groups excluding carboxylic acids is 1. The number of nitrogens with one attached hydrogen (secondary N) is 1. The smallest absolute Gasteiger partial charge is 0.251 e. The molecule has 11 heteroatoms. The molecule has 150 valence electrons. The van der Waals surface area contributed by atoms with E-state index in [4.69, 9.17) is 0 Å². The minimum atomic E-state index is -3.80. The molecule has 0 unspecified atom stereocenters. The number of pyridine rings is 1. The molecule has 1 fully saturated rings. The van der Waals surface area contributed by atoms with Crippen molar-refractivity contribution >= 4 is 21.6 Å². The van der Waals surface area contributed by atoms with Crippen LogP contribution >= 0.6 is 0 Å². The molecule has 1 saturated heterocycles. The Bertz CT molecular complexity index is 1080. The second kappa shape index (κ2) is 7.76. The molecular weight excluding hydrogens is 399 g/mol. The van der Waals surface area contributed by atoms with E-state index in [1.807, 2.05) is 5.32 Å². The quantitative estimate of drug-likeness (QED) is 0.753. The first-order chi connectivity index (χ1) is 13.2. The predicted molar refractivity (Wildman–Crippen MR) is 93.6 cm³/mol. The lowest BCUT2D eigenvalue weighted by Gasteiger charge is -2.16. The van der Waals surface area contributed by atoms with Crippen LogP contribution in [0.15, 0.2) is 40.2 Å². The Morgan fingerprint density at radius 2 is 1.71 bits per heavy atom. The van der Waals surface area contributed by atoms with E-state index in [1.54, 1.807) is 0 Å². The summed E-state index contributed by atoms with van der Waals surface area (Å²) in [6.45, 7) is 0.106. The maximum atomic E-state index is 13.7. The molecule has 2 heterocycles. The highest BCUT2D eigenvalue weighted by Crippen LogP contribution is 2.21. The van der Waals surface area contributed by atoms with Crippen LogP contribution in [0.1, 0.15) is 12.8 Å². The topological polar surface area (TPSA) is 88.5 Å². The van der Waals surface area contributed by atoms with Crippen LogP contribution in [0.5, 0.6) is 0 Å². The van der Waals surface area contributed by atoms with Crippen molar-refractivity contribution in [3.05, 3.63) is 58.3 Å². The lowest BCUT2D eigenvalue weighted by atomic mass is 10.2. The van der Waals surface area contributed by atoms with Gasteiger partial charge in [0.05, 0.1) is 10.6 Å². The molecule has 1 N–H and O–H groups in total. The van der Waals surface area contributed by atoms with Crippen molar-refractivity contribution in [1.82, 2.24) is 8.87 Å². The monoisotopic (exact) mass is 415 g/mol. The fourth-order valence-electron chi connectivity index (χ4n) is 2.83. The summed E-state index contributed by atoms with van der Waals surface area (Å²) in [6, 6.07) is 3.64. The number of sulfonamides is 1. The Morgan fingerprint density at radius 1 is 1.04 bits per heavy atom. The number of hydrogen-bond donors (Lipinski definition) is 1. The van der Waals surface area contributed by atoms with E-state index >= 15 is 0 Å². The van der Waals surface area contributed by atoms with E-state index in [0.717, 1.165) is 41.8 Å². The summed E-state index contributed by atoms with van der Waals surface area (Å²) < 4.78 is 67.1. The van der Waals surface area contributed by atoms with Crippen LogP contribution in [-0.4, -0.2) is 36.3 Å². The summed E-state index contributed by atoms with van der Waals surface area (Å²) in [5.74, 6) is -5.64. The van der Waals surface area contributed by atoms with Gasteiger partial charge >= 0.3 is 0 Å². The van der Waals surface area contributed by atoms with Gasteiger partial charge in [-0.15, -0.1) is 0 Å². The normalized spacial score (nSPS) is 15.0. The van der Waals surface area contributed by atoms with E-state index in [-0.39, 0.29) is 4.90 Å². The average molecular weight is 415 g/mol. The summed E-state index contributed by atoms with van der Waals surface area (Å²) in [5.41, 5.74) is -1.25. The second-order valence-electron chi connectivity index (χ2n) is 6.21. The lowest BCUT2D eigenvalue weighted by molar-refractivity contribution is -0.116. The maximum absolute atomic E-state index is 13.7. The van der Waals surface area contributed by atoms with Gasteiger partial charge in [0.25, 0.3) is 5.56 Å². The average Bonchev–Trinajstić information content (AvgIpc) is 3.19. The van der Waals surface area contributed by atoms with Gasteiger partial charge in [-0.1, -0.05) is 0 Å². The first-order valence-electron chi connectivity index (χ1n) is 8.34. The minimum absolute atomic E-state index is 0.152. The van der Waals surface area contributed by atoms with E-state index in [1.165, 1.54) is 4.31 Å². The van der Waals surface area contributed by atoms with Gasteiger partial charge < -0.3 is 9.88 Å². The van der Waals surface area contributed by atoms with Gasteiger partial charge in [0.15, 0.2) is 17.5 Å². The first-order valence-corrected chi connectivity index (χ1v) is 9.78. The Kier molecular flexibility index (Phi) is 5.57. The third kappa shape index (κ3) is 3.94. The number of carbonyl (C=O) groups is 1. The summed E-state index contributed by atoms with van der Waals surface area (Å²) in [5, 5.41) is 2.03. The van der Waals surface area contributed by atoms with Crippen LogP contribution < -0.4 is 10.9 Å². The summed E-state index contributed by atoms with van der Waals surface area (Å²) >= 11 is 0. The van der Waals surface area contributed by atoms with Crippen molar-refractivity contribution in [1.29, 1.82) is 0 Å². The maximum Gasteiger partial charge on any atom is 0.251 e. The molecule has 1 aliphatic heterocycles. The molecule has 2 aromatic rings. The van der Waals surface area contributed by atoms with Crippen molar-refractivity contribution in [2.75, 3.05) is 18.4 Å². The molecule has 0 bridgehead atoms. The van der Waals surface area contributed by atoms with E-state index in [0.29, 0.717) is 19.2 Å². The van der Waals surface area contributed by atoms with Crippen LogP contribution in [0.4, 0.5) is 18.9 Å². The number of nitrogens with zero attached hydrogens (tertiary/aromatic N) is 2. The molecule has 1 aromatic carbocycles. The molecule has 0 atom stereocenters. The molecule has 7 nitrogen and oxygen atoms in total. The number of halogens is 3. The van der Waals surface area contributed by atoms with E-state index in [2.05, 4.69) is 0 Å². The van der Waals surface area contributed by atoms with Crippen LogP contribution in [-0.2, 0) is 21.4 Å². The van der Waals surface area contributed by atoms with Crippen molar-refractivity contribution in [2.24, 2.45) is 0 Å². The molecule has 1 aromatic heterocycles. The zero-order chi connectivity index (χ0) is 20.5. The third-order valence-electron chi connectivity index (χ3n) is 4.28. The van der Waals surface area contributed by atoms with Gasteiger partial charge in [0.1, 0.15) is 6.54 Å². The molecule has 1 amide bonds. The zero-order valence-electron chi connectivity index (χ0n) is 14.5. The predicted octanol–water partition coefficient (Wildman–Crippen LogP) is 1.69. The summed E-state index contributed by atoms with van der Waals surface area (Å²) in [6.07, 6.45) is 2.50. The van der Waals surface area contributed by atoms with E-state index in [9.17, 15) is 31.2 Å². The van der Waals surface area contributed by atoms with Gasteiger partial charge in [-0.25, -0.2) is 21.6 Å². The highest BCUT2D eigenvalue weighted by atomic mass is 32.2. The van der Waals surface area contributed by atoms with Crippen LogP contribution in [0.25, 0.3) is 0 Å². The van der Waals surface area contributed by atoms with E-state index < -0.39 is 51.2 Å². The lowest BCUT2D eigenvalue weighted by Crippen LogP contribution is -2.31. The summed E-state index contributed by atoms with van der Waals surface area (Å²) in [4.78, 5) is 23.9. The molecule has 1 aliphatic rings. The van der Waals surface area contributed by atoms with Gasteiger partial charge in [-0.2, -0.15) is 4.31 Å². The van der Waals surface area contributed by atoms with Crippen molar-refractivity contribution < 1.29 is 26.4 Å². The highest BCUT2D eigenvalue weighted by Gasteiger charge is 2.27. The molecule has 0 saturated carbocycles. The molecular formula is C17H16F3N3O4S. The fourth-order valence-corrected chi connectivity index (χ4v) is 4.37. The molecule has 3 rings (SSSR count). The highest BCUT2D eigenvalue weighted by molar-refractivity contribution is 7.89. The largest absolute Gasteiger partial charge is 0.322 e. The second-order valence-corrected chi connectivity index (χ2v) is 8.15. The minimum Gasteiger partial charge on any atom is -0.322 e. The number of rotatable bonds is 5. The van der Waals surface area contributed by atoms with Crippen molar-refractivity contribution in [3.8, 4) is 0 Å². The van der Waals surface area contributed by atoms with Gasteiger partial charge in [-0.05, 0) is 31.0 Å². The Morgan fingerprint density at radius 3 is 2.39 bits per heavy atom. The number of aromatic nitrogens is 1. The SMILES string of the molecule is O=C(Cn1cc(S(=O)(=O)N2CCCC2)ccc1=O)Nc1ccc(F)c(F)c1F. The number of amides is 1. The van der Waals surface area contributed by atoms with Crippen molar-refractivity contribution in [3.63, 3.8) is 0 Å². The molecule has 28 heavy (non-hydrogen) atoms. The van der Waals surface area contributed by atoms with Crippen molar-refractivity contribution in [2.45, 2.75) is 24.3 Å². The van der Waals surface area contributed by atoms with Gasteiger partial charge in [0, 0.05) is 25.4 Å². The molecule has 0 aliphatic carbocycles. The molecule has 0 radical (unpaired) electrons. The Balaban J connectivity index is 1.81. The van der Waals surface area contributed by atoms with Gasteiger partial charge in [0.2, 0.25) is 15.9 Å². The number of benzene rings is 1. The summed E-state index contributed by atoms with van der Waals surface area (Å²) in [7, 11) is -3.80. The Hall–Kier alpha value is -2.66. The third-order valence-corrected chi connectivity index (χ3v) is 6.16. The first kappa shape index (κ1) is 20.1. The number of hydrogen-bond acceptors (Lipinski definition) is 4. The van der Waals surface area contributed by atoms with Crippen LogP contribution in [0.3, 0.4) is 0 Å². The fraction of sp³-hybridized carbons (Fsp3) is 0.294. The molecule has 0 spiro atoms. The number of anilines is 1.